The molecule has 14 heteroatoms. The van der Waals surface area contributed by atoms with Crippen molar-refractivity contribution in [2.75, 3.05) is 24.2 Å². The number of imidazole rings is 1. The van der Waals surface area contributed by atoms with Gasteiger partial charge >= 0.3 is 11.7 Å². The number of hydrogen-bond donors (Lipinski definition) is 5. The third-order valence-electron chi connectivity index (χ3n) is 8.52. The Balaban J connectivity index is 1.61. The van der Waals surface area contributed by atoms with Crippen molar-refractivity contribution in [2.24, 2.45) is 0 Å². The van der Waals surface area contributed by atoms with Gasteiger partial charge in [0, 0.05) is 44.7 Å². The molecule has 2 aromatic carbocycles. The van der Waals surface area contributed by atoms with E-state index in [9.17, 15) is 29.1 Å². The van der Waals surface area contributed by atoms with Gasteiger partial charge in [-0.1, -0.05) is 62.7 Å². The fourth-order valence-corrected chi connectivity index (χ4v) is 6.20. The summed E-state index contributed by atoms with van der Waals surface area (Å²) >= 11 is 4.17. The Labute approximate surface area is 302 Å². The van der Waals surface area contributed by atoms with Gasteiger partial charge in [0.05, 0.1) is 6.42 Å². The van der Waals surface area contributed by atoms with Crippen LogP contribution in [-0.2, 0) is 46.9 Å². The summed E-state index contributed by atoms with van der Waals surface area (Å²) in [7, 11) is 0. The summed E-state index contributed by atoms with van der Waals surface area (Å²) in [4.78, 5) is 69.7. The van der Waals surface area contributed by atoms with Gasteiger partial charge in [0.2, 0.25) is 11.8 Å². The molecule has 0 saturated carbocycles. The molecule has 274 valence electrons. The third-order valence-corrected chi connectivity index (χ3v) is 8.84. The zero-order chi connectivity index (χ0) is 36.8. The second-order valence-electron chi connectivity index (χ2n) is 12.5. The number of aromatic nitrogens is 4. The van der Waals surface area contributed by atoms with Crippen LogP contribution in [0.15, 0.2) is 64.2 Å². The molecular weight excluding hydrogens is 671 g/mol. The number of carbonyl (C=O) groups excluding carboxylic acids is 2. The fraction of sp³-hybridized carbons (Fsp3) is 0.459. The molecule has 4 aromatic rings. The number of carboxylic acids is 1. The molecule has 2 heterocycles. The summed E-state index contributed by atoms with van der Waals surface area (Å²) in [6, 6.07) is 15.6. The maximum Gasteiger partial charge on any atom is 0.332 e. The third kappa shape index (κ3) is 10.9. The normalized spacial score (nSPS) is 11.8. The lowest BCUT2D eigenvalue weighted by Gasteiger charge is -2.17. The number of nitrogens with one attached hydrogen (secondary N) is 3. The minimum absolute atomic E-state index is 0.187. The highest BCUT2D eigenvalue weighted by molar-refractivity contribution is 7.80. The molecule has 51 heavy (non-hydrogen) atoms. The lowest BCUT2D eigenvalue weighted by molar-refractivity contribution is -0.139. The maximum absolute atomic E-state index is 13.9. The SMILES string of the molecule is CCCn1c(=O)c2c(nc(Cc3ccccc3)n2CCNCC)n(CCc2cccc(NC(=O)C(CC(=O)O)NC(=O)CCCCCS)c2)c1=O. The van der Waals surface area contributed by atoms with E-state index in [1.54, 1.807) is 22.8 Å². The molecule has 0 aliphatic heterocycles. The number of aryl methyl sites for hydroxylation is 2. The zero-order valence-electron chi connectivity index (χ0n) is 29.4. The molecule has 0 fully saturated rings. The van der Waals surface area contributed by atoms with E-state index < -0.39 is 30.0 Å². The Bertz CT molecular complexity index is 1900. The molecule has 0 aliphatic rings. The summed E-state index contributed by atoms with van der Waals surface area (Å²) in [6.45, 7) is 6.33. The Hall–Kier alpha value is -4.69. The van der Waals surface area contributed by atoms with Gasteiger partial charge in [-0.2, -0.15) is 12.6 Å². The van der Waals surface area contributed by atoms with Crippen molar-refractivity contribution in [3.8, 4) is 0 Å². The van der Waals surface area contributed by atoms with Crippen molar-refractivity contribution in [3.05, 3.63) is 92.4 Å². The van der Waals surface area contributed by atoms with Crippen LogP contribution >= 0.6 is 12.6 Å². The van der Waals surface area contributed by atoms with Gasteiger partial charge in [0.1, 0.15) is 11.9 Å². The van der Waals surface area contributed by atoms with Gasteiger partial charge in [-0.15, -0.1) is 0 Å². The number of unbranched alkanes of at least 4 members (excludes halogenated alkanes) is 2. The molecule has 0 spiro atoms. The van der Waals surface area contributed by atoms with Gasteiger partial charge in [-0.3, -0.25) is 28.3 Å². The number of aliphatic carboxylic acids is 1. The number of nitrogens with zero attached hydrogens (tertiary/aromatic N) is 4. The number of hydrogen-bond acceptors (Lipinski definition) is 8. The summed E-state index contributed by atoms with van der Waals surface area (Å²) < 4.78 is 4.78. The van der Waals surface area contributed by atoms with Crippen molar-refractivity contribution < 1.29 is 19.5 Å². The fourth-order valence-electron chi connectivity index (χ4n) is 5.98. The van der Waals surface area contributed by atoms with Crippen LogP contribution in [0.1, 0.15) is 69.3 Å². The van der Waals surface area contributed by atoms with Gasteiger partial charge in [0.15, 0.2) is 11.2 Å². The lowest BCUT2D eigenvalue weighted by Crippen LogP contribution is -2.45. The van der Waals surface area contributed by atoms with E-state index in [2.05, 4.69) is 28.6 Å². The average molecular weight is 720 g/mol. The van der Waals surface area contributed by atoms with Crippen LogP contribution in [0.3, 0.4) is 0 Å². The number of benzene rings is 2. The summed E-state index contributed by atoms with van der Waals surface area (Å²) in [5.41, 5.74) is 2.18. The topological polar surface area (TPSA) is 169 Å². The van der Waals surface area contributed by atoms with Crippen LogP contribution in [0.25, 0.3) is 11.2 Å². The molecule has 0 saturated heterocycles. The Morgan fingerprint density at radius 1 is 0.902 bits per heavy atom. The van der Waals surface area contributed by atoms with Gasteiger partial charge < -0.3 is 25.6 Å². The number of likely N-dealkylation sites (N-methyl/N-ethyl adjacent to an activating group) is 1. The van der Waals surface area contributed by atoms with E-state index in [-0.39, 0.29) is 31.0 Å². The molecule has 13 nitrogen and oxygen atoms in total. The number of fused-ring (bicyclic) bond motifs is 1. The minimum atomic E-state index is -1.25. The Morgan fingerprint density at radius 2 is 1.67 bits per heavy atom. The monoisotopic (exact) mass is 719 g/mol. The highest BCUT2D eigenvalue weighted by atomic mass is 32.1. The van der Waals surface area contributed by atoms with E-state index in [0.717, 1.165) is 30.5 Å². The van der Waals surface area contributed by atoms with Crippen molar-refractivity contribution in [2.45, 2.75) is 90.9 Å². The Kier molecular flexibility index (Phi) is 15.1. The molecule has 4 rings (SSSR count). The Morgan fingerprint density at radius 3 is 2.37 bits per heavy atom. The first kappa shape index (κ1) is 39.1. The van der Waals surface area contributed by atoms with E-state index >= 15 is 0 Å². The minimum Gasteiger partial charge on any atom is -0.481 e. The largest absolute Gasteiger partial charge is 0.481 e. The van der Waals surface area contributed by atoms with Crippen LogP contribution in [0, 0.1) is 0 Å². The predicted molar refractivity (Wildman–Crippen MR) is 202 cm³/mol. The van der Waals surface area contributed by atoms with Gasteiger partial charge in [-0.05, 0) is 61.2 Å². The highest BCUT2D eigenvalue weighted by Gasteiger charge is 2.24. The first-order valence-electron chi connectivity index (χ1n) is 17.7. The number of amides is 2. The van der Waals surface area contributed by atoms with Gasteiger partial charge in [0.25, 0.3) is 5.56 Å². The predicted octanol–water partition coefficient (Wildman–Crippen LogP) is 3.60. The van der Waals surface area contributed by atoms with E-state index in [1.807, 2.05) is 54.8 Å². The van der Waals surface area contributed by atoms with Crippen LogP contribution in [-0.4, -0.2) is 66.5 Å². The first-order valence-corrected chi connectivity index (χ1v) is 18.3. The number of rotatable bonds is 21. The summed E-state index contributed by atoms with van der Waals surface area (Å²) in [5.74, 6) is -0.831. The van der Waals surface area contributed by atoms with Crippen LogP contribution in [0.5, 0.6) is 0 Å². The second-order valence-corrected chi connectivity index (χ2v) is 12.9. The molecule has 4 N–H and O–H groups in total. The van der Waals surface area contributed by atoms with Crippen LogP contribution < -0.4 is 27.2 Å². The zero-order valence-corrected chi connectivity index (χ0v) is 30.3. The molecule has 0 aliphatic carbocycles. The number of anilines is 1. The van der Waals surface area contributed by atoms with Crippen LogP contribution in [0.2, 0.25) is 0 Å². The molecule has 2 aromatic heterocycles. The highest BCUT2D eigenvalue weighted by Crippen LogP contribution is 2.18. The average Bonchev–Trinajstić information content (AvgIpc) is 3.46. The number of thiol groups is 1. The molecule has 0 bridgehead atoms. The smallest absolute Gasteiger partial charge is 0.332 e. The van der Waals surface area contributed by atoms with E-state index in [1.165, 1.54) is 4.57 Å². The number of carboxylic acid groups (broad SMARTS) is 1. The van der Waals surface area contributed by atoms with Gasteiger partial charge in [-0.25, -0.2) is 9.78 Å². The van der Waals surface area contributed by atoms with Crippen molar-refractivity contribution in [1.82, 2.24) is 29.3 Å². The number of carbonyl (C=O) groups is 3. The molecule has 1 unspecified atom stereocenters. The van der Waals surface area contributed by atoms with E-state index in [4.69, 9.17) is 4.98 Å². The maximum atomic E-state index is 13.9. The molecular formula is C37H49N7O6S. The van der Waals surface area contributed by atoms with Crippen molar-refractivity contribution in [3.63, 3.8) is 0 Å². The first-order chi connectivity index (χ1) is 24.7. The van der Waals surface area contributed by atoms with E-state index in [0.29, 0.717) is 67.2 Å². The van der Waals surface area contributed by atoms with Crippen molar-refractivity contribution >= 4 is 47.3 Å². The molecule has 2 amide bonds. The quantitative estimate of drug-likeness (QED) is 0.0643. The summed E-state index contributed by atoms with van der Waals surface area (Å²) in [5, 5.41) is 18.0. The second kappa shape index (κ2) is 19.6. The molecule has 1 atom stereocenters. The molecule has 0 radical (unpaired) electrons. The summed E-state index contributed by atoms with van der Waals surface area (Å²) in [6.07, 6.45) is 3.39. The standard InChI is InChI=1S/C37H49N7O6S/c1-3-19-44-36(49)33-34(41-30(42(33)21-18-38-4-2)24-26-12-7-5-8-13-26)43(37(44)50)20-17-27-14-11-15-28(23-27)39-35(48)29(25-32(46)47)40-31(45)16-9-6-10-22-51/h5,7-8,11-15,23,29,38,51H,3-4,6,9-10,16-22,24-25H2,1-2H3,(H,39,48)(H,40,45)(H,46,47). The lowest BCUT2D eigenvalue weighted by atomic mass is 10.1. The van der Waals surface area contributed by atoms with Crippen molar-refractivity contribution in [1.29, 1.82) is 0 Å². The van der Waals surface area contributed by atoms with Crippen LogP contribution in [0.4, 0.5) is 5.69 Å².